The maximum absolute atomic E-state index is 13.2. The van der Waals surface area contributed by atoms with Crippen LogP contribution < -0.4 is 11.5 Å². The van der Waals surface area contributed by atoms with Crippen LogP contribution in [0, 0.1) is 0 Å². The third-order valence-corrected chi connectivity index (χ3v) is 3.16. The molecule has 8 heteroatoms. The second-order valence-corrected chi connectivity index (χ2v) is 5.01. The summed E-state index contributed by atoms with van der Waals surface area (Å²) in [5, 5.41) is 0. The zero-order valence-electron chi connectivity index (χ0n) is 11.6. The predicted molar refractivity (Wildman–Crippen MR) is 75.5 cm³/mol. The molecule has 4 N–H and O–H groups in total. The van der Waals surface area contributed by atoms with Crippen molar-refractivity contribution in [2.45, 2.75) is 18.8 Å². The summed E-state index contributed by atoms with van der Waals surface area (Å²) in [5.41, 5.74) is 8.77. The molecule has 23 heavy (non-hydrogen) atoms. The molecule has 0 fully saturated rings. The van der Waals surface area contributed by atoms with Gasteiger partial charge in [-0.1, -0.05) is 12.1 Å². The molecule has 0 aliphatic rings. The molecule has 124 valence electrons. The number of rotatable bonds is 2. The van der Waals surface area contributed by atoms with E-state index in [9.17, 15) is 26.3 Å². The fourth-order valence-electron chi connectivity index (χ4n) is 2.27. The molecule has 0 aromatic heterocycles. The summed E-state index contributed by atoms with van der Waals surface area (Å²) in [6.07, 6.45) is -10.7. The minimum Gasteiger partial charge on any atom is -0.399 e. The van der Waals surface area contributed by atoms with Crippen LogP contribution in [-0.4, -0.2) is 6.18 Å². The average Bonchev–Trinajstić information content (AvgIpc) is 2.36. The Labute approximate surface area is 127 Å². The van der Waals surface area contributed by atoms with E-state index in [2.05, 4.69) is 0 Å². The second-order valence-electron chi connectivity index (χ2n) is 5.01. The normalized spacial score (nSPS) is 12.4. The first-order valence-corrected chi connectivity index (χ1v) is 6.39. The smallest absolute Gasteiger partial charge is 0.399 e. The van der Waals surface area contributed by atoms with Gasteiger partial charge in [-0.05, 0) is 41.0 Å². The first kappa shape index (κ1) is 17.0. The van der Waals surface area contributed by atoms with Gasteiger partial charge in [0.15, 0.2) is 0 Å². The van der Waals surface area contributed by atoms with Crippen molar-refractivity contribution in [1.29, 1.82) is 0 Å². The summed E-state index contributed by atoms with van der Waals surface area (Å²) in [6.45, 7) is 0. The zero-order valence-corrected chi connectivity index (χ0v) is 11.6. The maximum atomic E-state index is 13.2. The summed E-state index contributed by atoms with van der Waals surface area (Å²) in [6, 6.07) is 6.40. The molecule has 2 aromatic rings. The van der Waals surface area contributed by atoms with Gasteiger partial charge in [-0.25, -0.2) is 0 Å². The number of nitrogen functional groups attached to an aromatic ring is 2. The van der Waals surface area contributed by atoms with Gasteiger partial charge in [-0.2, -0.15) is 26.3 Å². The van der Waals surface area contributed by atoms with Crippen molar-refractivity contribution < 1.29 is 26.3 Å². The summed E-state index contributed by atoms with van der Waals surface area (Å²) in [4.78, 5) is 0. The number of hydrogen-bond donors (Lipinski definition) is 2. The first-order valence-electron chi connectivity index (χ1n) is 6.39. The Morgan fingerprint density at radius 3 is 1.78 bits per heavy atom. The highest BCUT2D eigenvalue weighted by molar-refractivity contribution is 5.75. The van der Waals surface area contributed by atoms with Crippen LogP contribution in [0.1, 0.15) is 11.1 Å². The lowest BCUT2D eigenvalue weighted by Crippen LogP contribution is -2.14. The Morgan fingerprint density at radius 1 is 0.739 bits per heavy atom. The van der Waals surface area contributed by atoms with Gasteiger partial charge >= 0.3 is 12.4 Å². The molecule has 0 heterocycles. The molecule has 2 nitrogen and oxygen atoms in total. The largest absolute Gasteiger partial charge is 0.417 e. The molecule has 0 saturated carbocycles. The van der Waals surface area contributed by atoms with Gasteiger partial charge in [0.1, 0.15) is 0 Å². The van der Waals surface area contributed by atoms with E-state index in [4.69, 9.17) is 11.5 Å². The topological polar surface area (TPSA) is 52.0 Å². The Morgan fingerprint density at radius 2 is 1.26 bits per heavy atom. The highest BCUT2D eigenvalue weighted by Crippen LogP contribution is 2.40. The van der Waals surface area contributed by atoms with Crippen LogP contribution in [0.15, 0.2) is 36.4 Å². The van der Waals surface area contributed by atoms with Gasteiger partial charge in [-0.3, -0.25) is 0 Å². The zero-order chi connectivity index (χ0) is 17.4. The van der Waals surface area contributed by atoms with Crippen LogP contribution in [0.3, 0.4) is 0 Å². The highest BCUT2D eigenvalue weighted by atomic mass is 19.4. The van der Waals surface area contributed by atoms with Crippen molar-refractivity contribution in [3.63, 3.8) is 0 Å². The summed E-state index contributed by atoms with van der Waals surface area (Å²) >= 11 is 0. The van der Waals surface area contributed by atoms with Gasteiger partial charge in [0.2, 0.25) is 0 Å². The quantitative estimate of drug-likeness (QED) is 0.621. The summed E-state index contributed by atoms with van der Waals surface area (Å²) < 4.78 is 77.5. The lowest BCUT2D eigenvalue weighted by molar-refractivity contribution is -0.137. The highest BCUT2D eigenvalue weighted by Gasteiger charge is 2.35. The van der Waals surface area contributed by atoms with E-state index in [0.717, 1.165) is 18.2 Å². The number of nitrogens with two attached hydrogens (primary N) is 2. The van der Waals surface area contributed by atoms with Gasteiger partial charge < -0.3 is 11.5 Å². The predicted octanol–water partition coefficient (Wildman–Crippen LogP) is 4.64. The van der Waals surface area contributed by atoms with Crippen LogP contribution in [0.25, 0.3) is 11.1 Å². The van der Waals surface area contributed by atoms with Gasteiger partial charge in [0.25, 0.3) is 0 Å². The van der Waals surface area contributed by atoms with E-state index in [1.807, 2.05) is 0 Å². The first-order chi connectivity index (χ1) is 10.5. The third-order valence-electron chi connectivity index (χ3n) is 3.16. The minimum absolute atomic E-state index is 0.0389. The van der Waals surface area contributed by atoms with Crippen LogP contribution in [0.5, 0.6) is 0 Å². The SMILES string of the molecule is Nc1ccc(-c2ccc(N)cc2C(F)(F)F)c(CC(F)(F)F)c1. The lowest BCUT2D eigenvalue weighted by Gasteiger charge is -2.18. The van der Waals surface area contributed by atoms with Crippen molar-refractivity contribution in [3.05, 3.63) is 47.5 Å². The van der Waals surface area contributed by atoms with Gasteiger partial charge in [0.05, 0.1) is 12.0 Å². The molecular weight excluding hydrogens is 322 g/mol. The van der Waals surface area contributed by atoms with Crippen molar-refractivity contribution in [1.82, 2.24) is 0 Å². The van der Waals surface area contributed by atoms with Crippen LogP contribution in [-0.2, 0) is 12.6 Å². The van der Waals surface area contributed by atoms with E-state index >= 15 is 0 Å². The minimum atomic E-state index is -4.75. The average molecular weight is 334 g/mol. The summed E-state index contributed by atoms with van der Waals surface area (Å²) in [5.74, 6) is 0. The molecule has 0 aliphatic heterocycles. The molecule has 0 unspecified atom stereocenters. The Bertz CT molecular complexity index is 719. The maximum Gasteiger partial charge on any atom is 0.417 e. The molecule has 2 aromatic carbocycles. The second kappa shape index (κ2) is 5.68. The number of anilines is 2. The third kappa shape index (κ3) is 4.08. The van der Waals surface area contributed by atoms with E-state index in [0.29, 0.717) is 6.07 Å². The molecule has 0 spiro atoms. The summed E-state index contributed by atoms with van der Waals surface area (Å²) in [7, 11) is 0. The van der Waals surface area contributed by atoms with E-state index in [1.54, 1.807) is 0 Å². The molecule has 0 atom stereocenters. The fraction of sp³-hybridized carbons (Fsp3) is 0.200. The fourth-order valence-corrected chi connectivity index (χ4v) is 2.27. The lowest BCUT2D eigenvalue weighted by atomic mass is 9.92. The van der Waals surface area contributed by atoms with Crippen molar-refractivity contribution >= 4 is 11.4 Å². The van der Waals surface area contributed by atoms with Gasteiger partial charge in [-0.15, -0.1) is 0 Å². The molecule has 0 aliphatic carbocycles. The van der Waals surface area contributed by atoms with Crippen LogP contribution in [0.2, 0.25) is 0 Å². The van der Waals surface area contributed by atoms with Gasteiger partial charge in [0, 0.05) is 11.4 Å². The van der Waals surface area contributed by atoms with Crippen molar-refractivity contribution in [2.24, 2.45) is 0 Å². The molecule has 0 amide bonds. The van der Waals surface area contributed by atoms with Crippen molar-refractivity contribution in [2.75, 3.05) is 11.5 Å². The number of hydrogen-bond acceptors (Lipinski definition) is 2. The monoisotopic (exact) mass is 334 g/mol. The Kier molecular flexibility index (Phi) is 4.19. The standard InChI is InChI=1S/C15H12F6N2/c16-14(17,18)7-8-5-9(22)1-3-11(8)12-4-2-10(23)6-13(12)15(19,20)21/h1-6H,7,22-23H2. The van der Waals surface area contributed by atoms with E-state index in [1.165, 1.54) is 12.1 Å². The van der Waals surface area contributed by atoms with Crippen LogP contribution in [0.4, 0.5) is 37.7 Å². The number of alkyl halides is 6. The molecule has 0 bridgehead atoms. The number of halogens is 6. The molecular formula is C15H12F6N2. The molecule has 0 saturated heterocycles. The van der Waals surface area contributed by atoms with E-state index < -0.39 is 24.3 Å². The van der Waals surface area contributed by atoms with E-state index in [-0.39, 0.29) is 28.1 Å². The number of benzene rings is 2. The molecule has 0 radical (unpaired) electrons. The molecule has 2 rings (SSSR count). The van der Waals surface area contributed by atoms with Crippen LogP contribution >= 0.6 is 0 Å². The Balaban J connectivity index is 2.68. The van der Waals surface area contributed by atoms with Crippen molar-refractivity contribution in [3.8, 4) is 11.1 Å². The Hall–Kier alpha value is -2.38.